The van der Waals surface area contributed by atoms with Crippen LogP contribution in [-0.4, -0.2) is 34.7 Å². The number of rotatable bonds is 3. The van der Waals surface area contributed by atoms with Crippen molar-refractivity contribution in [1.82, 2.24) is 4.90 Å². The van der Waals surface area contributed by atoms with E-state index >= 15 is 0 Å². The SMILES string of the molecule is OC1(CCc2ccsc2)CCN2CCCCC21. The minimum atomic E-state index is -0.414. The second-order valence-electron chi connectivity index (χ2n) is 5.53. The summed E-state index contributed by atoms with van der Waals surface area (Å²) >= 11 is 1.75. The molecule has 3 heteroatoms. The van der Waals surface area contributed by atoms with Crippen LogP contribution in [0.3, 0.4) is 0 Å². The van der Waals surface area contributed by atoms with Crippen LogP contribution < -0.4 is 0 Å². The van der Waals surface area contributed by atoms with Crippen LogP contribution in [0, 0.1) is 0 Å². The smallest absolute Gasteiger partial charge is 0.0817 e. The summed E-state index contributed by atoms with van der Waals surface area (Å²) in [6.45, 7) is 2.30. The number of aryl methyl sites for hydroxylation is 1. The highest BCUT2D eigenvalue weighted by Crippen LogP contribution is 2.38. The summed E-state index contributed by atoms with van der Waals surface area (Å²) in [5.41, 5.74) is 0.972. The first-order chi connectivity index (χ1) is 8.28. The van der Waals surface area contributed by atoms with Crippen molar-refractivity contribution >= 4 is 11.3 Å². The molecule has 17 heavy (non-hydrogen) atoms. The topological polar surface area (TPSA) is 23.5 Å². The van der Waals surface area contributed by atoms with Gasteiger partial charge in [0.15, 0.2) is 0 Å². The first-order valence-corrected chi connectivity index (χ1v) is 7.70. The van der Waals surface area contributed by atoms with E-state index in [1.807, 2.05) is 0 Å². The van der Waals surface area contributed by atoms with E-state index < -0.39 is 5.60 Å². The summed E-state index contributed by atoms with van der Waals surface area (Å²) < 4.78 is 0. The second-order valence-corrected chi connectivity index (χ2v) is 6.31. The molecule has 3 heterocycles. The first-order valence-electron chi connectivity index (χ1n) is 6.75. The summed E-state index contributed by atoms with van der Waals surface area (Å²) in [4.78, 5) is 2.51. The second kappa shape index (κ2) is 4.71. The lowest BCUT2D eigenvalue weighted by atomic mass is 9.84. The van der Waals surface area contributed by atoms with Gasteiger partial charge in [-0.15, -0.1) is 0 Å². The lowest BCUT2D eigenvalue weighted by Gasteiger charge is -2.37. The van der Waals surface area contributed by atoms with Crippen molar-refractivity contribution in [2.24, 2.45) is 0 Å². The van der Waals surface area contributed by atoms with Gasteiger partial charge < -0.3 is 5.11 Å². The predicted octanol–water partition coefficient (Wildman–Crippen LogP) is 2.67. The number of aliphatic hydroxyl groups is 1. The van der Waals surface area contributed by atoms with Gasteiger partial charge >= 0.3 is 0 Å². The van der Waals surface area contributed by atoms with Crippen LogP contribution in [0.5, 0.6) is 0 Å². The van der Waals surface area contributed by atoms with Gasteiger partial charge in [-0.05, 0) is 61.0 Å². The highest BCUT2D eigenvalue weighted by Gasteiger charge is 2.45. The Bertz CT molecular complexity index is 364. The number of nitrogens with zero attached hydrogens (tertiary/aromatic N) is 1. The zero-order valence-corrected chi connectivity index (χ0v) is 11.1. The van der Waals surface area contributed by atoms with E-state index in [1.165, 1.54) is 31.4 Å². The van der Waals surface area contributed by atoms with Gasteiger partial charge in [0.05, 0.1) is 5.60 Å². The molecule has 1 N–H and O–H groups in total. The molecule has 2 unspecified atom stereocenters. The van der Waals surface area contributed by atoms with Crippen molar-refractivity contribution in [3.05, 3.63) is 22.4 Å². The van der Waals surface area contributed by atoms with Crippen LogP contribution in [0.1, 0.15) is 37.7 Å². The summed E-state index contributed by atoms with van der Waals surface area (Å²) in [6.07, 6.45) is 6.75. The number of hydrogen-bond acceptors (Lipinski definition) is 3. The predicted molar refractivity (Wildman–Crippen MR) is 71.4 cm³/mol. The molecular weight excluding hydrogens is 230 g/mol. The first kappa shape index (κ1) is 11.7. The van der Waals surface area contributed by atoms with Gasteiger partial charge in [0.2, 0.25) is 0 Å². The Morgan fingerprint density at radius 1 is 1.41 bits per heavy atom. The minimum absolute atomic E-state index is 0.414. The molecule has 0 aromatic carbocycles. The fraction of sp³-hybridized carbons (Fsp3) is 0.714. The van der Waals surface area contributed by atoms with Crippen LogP contribution in [0.2, 0.25) is 0 Å². The van der Waals surface area contributed by atoms with E-state index in [4.69, 9.17) is 0 Å². The Kier molecular flexibility index (Phi) is 3.24. The van der Waals surface area contributed by atoms with E-state index in [2.05, 4.69) is 21.7 Å². The van der Waals surface area contributed by atoms with Crippen LogP contribution in [-0.2, 0) is 6.42 Å². The van der Waals surface area contributed by atoms with Crippen molar-refractivity contribution in [3.63, 3.8) is 0 Å². The van der Waals surface area contributed by atoms with E-state index in [-0.39, 0.29) is 0 Å². The Morgan fingerprint density at radius 3 is 3.18 bits per heavy atom. The number of thiophene rings is 1. The normalized spacial score (nSPS) is 33.8. The molecule has 2 saturated heterocycles. The molecule has 2 aliphatic rings. The number of piperidine rings is 1. The molecule has 0 radical (unpaired) electrons. The Hall–Kier alpha value is -0.380. The number of hydrogen-bond donors (Lipinski definition) is 1. The largest absolute Gasteiger partial charge is 0.388 e. The average molecular weight is 251 g/mol. The van der Waals surface area contributed by atoms with E-state index in [9.17, 15) is 5.11 Å². The molecule has 0 aliphatic carbocycles. The van der Waals surface area contributed by atoms with Crippen molar-refractivity contribution in [3.8, 4) is 0 Å². The summed E-state index contributed by atoms with van der Waals surface area (Å²) in [7, 11) is 0. The summed E-state index contributed by atoms with van der Waals surface area (Å²) in [5.74, 6) is 0. The highest BCUT2D eigenvalue weighted by atomic mass is 32.1. The zero-order valence-electron chi connectivity index (χ0n) is 10.3. The van der Waals surface area contributed by atoms with Crippen LogP contribution in [0.15, 0.2) is 16.8 Å². The molecule has 1 aromatic heterocycles. The maximum absolute atomic E-state index is 10.8. The van der Waals surface area contributed by atoms with Gasteiger partial charge in [-0.3, -0.25) is 4.90 Å². The zero-order chi connectivity index (χ0) is 11.7. The Labute approximate surface area is 107 Å². The molecule has 0 amide bonds. The number of fused-ring (bicyclic) bond motifs is 1. The van der Waals surface area contributed by atoms with E-state index in [0.717, 1.165) is 25.8 Å². The molecule has 2 atom stereocenters. The summed E-state index contributed by atoms with van der Waals surface area (Å²) in [5, 5.41) is 15.2. The molecule has 94 valence electrons. The van der Waals surface area contributed by atoms with Gasteiger partial charge in [0.1, 0.15) is 0 Å². The lowest BCUT2D eigenvalue weighted by molar-refractivity contribution is -0.0157. The maximum Gasteiger partial charge on any atom is 0.0817 e. The third-order valence-electron chi connectivity index (χ3n) is 4.49. The van der Waals surface area contributed by atoms with Crippen molar-refractivity contribution in [2.45, 2.75) is 50.2 Å². The quantitative estimate of drug-likeness (QED) is 0.893. The van der Waals surface area contributed by atoms with Crippen molar-refractivity contribution in [2.75, 3.05) is 13.1 Å². The molecule has 2 nitrogen and oxygen atoms in total. The van der Waals surface area contributed by atoms with E-state index in [1.54, 1.807) is 11.3 Å². The van der Waals surface area contributed by atoms with Crippen LogP contribution in [0.25, 0.3) is 0 Å². The average Bonchev–Trinajstić information content (AvgIpc) is 2.97. The molecule has 0 bridgehead atoms. The van der Waals surface area contributed by atoms with Gasteiger partial charge in [0.25, 0.3) is 0 Å². The van der Waals surface area contributed by atoms with Gasteiger partial charge in [-0.1, -0.05) is 6.42 Å². The van der Waals surface area contributed by atoms with Crippen molar-refractivity contribution < 1.29 is 5.11 Å². The lowest BCUT2D eigenvalue weighted by Crippen LogP contribution is -2.47. The fourth-order valence-electron chi connectivity index (χ4n) is 3.46. The maximum atomic E-state index is 10.8. The minimum Gasteiger partial charge on any atom is -0.388 e. The van der Waals surface area contributed by atoms with Crippen LogP contribution >= 0.6 is 11.3 Å². The standard InChI is InChI=1S/C14H21NOS/c16-14(6-4-12-5-10-17-11-12)7-9-15-8-2-1-3-13(14)15/h5,10-11,13,16H,1-4,6-9H2. The molecule has 0 saturated carbocycles. The van der Waals surface area contributed by atoms with Gasteiger partial charge in [-0.2, -0.15) is 11.3 Å². The molecule has 0 spiro atoms. The molecule has 3 rings (SSSR count). The fourth-order valence-corrected chi connectivity index (χ4v) is 4.16. The molecule has 2 fully saturated rings. The molecule has 2 aliphatic heterocycles. The molecular formula is C14H21NOS. The van der Waals surface area contributed by atoms with Gasteiger partial charge in [-0.25, -0.2) is 0 Å². The highest BCUT2D eigenvalue weighted by molar-refractivity contribution is 7.07. The Balaban J connectivity index is 1.64. The van der Waals surface area contributed by atoms with Gasteiger partial charge in [0, 0.05) is 12.6 Å². The monoisotopic (exact) mass is 251 g/mol. The third kappa shape index (κ3) is 2.28. The Morgan fingerprint density at radius 2 is 2.35 bits per heavy atom. The van der Waals surface area contributed by atoms with Crippen molar-refractivity contribution in [1.29, 1.82) is 0 Å². The van der Waals surface area contributed by atoms with Crippen LogP contribution in [0.4, 0.5) is 0 Å². The molecule has 1 aromatic rings. The van der Waals surface area contributed by atoms with E-state index in [0.29, 0.717) is 6.04 Å². The third-order valence-corrected chi connectivity index (χ3v) is 5.22. The summed E-state index contributed by atoms with van der Waals surface area (Å²) in [6, 6.07) is 2.62.